The number of hydrogen-bond acceptors (Lipinski definition) is 3. The number of rotatable bonds is 3. The monoisotopic (exact) mass is 330 g/mol. The lowest BCUT2D eigenvalue weighted by Gasteiger charge is -2.45. The van der Waals surface area contributed by atoms with E-state index in [9.17, 15) is 19.1 Å². The number of allylic oxidation sites excluding steroid dienone is 3. The summed E-state index contributed by atoms with van der Waals surface area (Å²) in [5.41, 5.74) is -0.176. The molecule has 1 aromatic carbocycles. The van der Waals surface area contributed by atoms with E-state index in [2.05, 4.69) is 11.0 Å². The second-order valence-electron chi connectivity index (χ2n) is 6.57. The number of nitrogens with zero attached hydrogens (tertiary/aromatic N) is 2. The summed E-state index contributed by atoms with van der Waals surface area (Å²) >= 11 is 0. The first-order valence-corrected chi connectivity index (χ1v) is 8.13. The molecule has 5 heteroatoms. The van der Waals surface area contributed by atoms with Gasteiger partial charge in [0.2, 0.25) is 0 Å². The van der Waals surface area contributed by atoms with Crippen molar-refractivity contribution in [3.63, 3.8) is 0 Å². The van der Waals surface area contributed by atoms with Gasteiger partial charge in [-0.15, -0.1) is 0 Å². The van der Waals surface area contributed by atoms with Crippen LogP contribution in [-0.4, -0.2) is 28.7 Å². The molecule has 0 amide bonds. The van der Waals surface area contributed by atoms with Crippen LogP contribution in [0, 0.1) is 23.2 Å². The summed E-state index contributed by atoms with van der Waals surface area (Å²) in [5, 5.41) is 20.6. The van der Waals surface area contributed by atoms with E-state index in [1.165, 1.54) is 6.08 Å². The number of nitriles is 1. The molecule has 1 aromatic rings. The van der Waals surface area contributed by atoms with Crippen LogP contribution in [-0.2, 0) is 6.54 Å². The fourth-order valence-electron chi connectivity index (χ4n) is 3.59. The molecule has 0 radical (unpaired) electrons. The Labute approximate surface area is 140 Å². The highest BCUT2D eigenvalue weighted by Crippen LogP contribution is 2.41. The third-order valence-corrected chi connectivity index (χ3v) is 5.05. The Hall–Kier alpha value is -2.03. The molecule has 1 fully saturated rings. The lowest BCUT2D eigenvalue weighted by Crippen LogP contribution is -2.55. The highest BCUT2D eigenvalue weighted by atomic mass is 19.2. The van der Waals surface area contributed by atoms with Crippen LogP contribution in [0.2, 0.25) is 0 Å². The molecule has 3 atom stereocenters. The molecule has 1 unspecified atom stereocenters. The van der Waals surface area contributed by atoms with Crippen molar-refractivity contribution in [1.29, 1.82) is 5.26 Å². The highest BCUT2D eigenvalue weighted by molar-refractivity contribution is 5.25. The normalized spacial score (nSPS) is 31.1. The Balaban J connectivity index is 1.71. The van der Waals surface area contributed by atoms with Gasteiger partial charge in [0.05, 0.1) is 17.6 Å². The predicted octanol–water partition coefficient (Wildman–Crippen LogP) is 3.49. The lowest BCUT2D eigenvalue weighted by molar-refractivity contribution is -0.0844. The van der Waals surface area contributed by atoms with E-state index in [0.29, 0.717) is 26.1 Å². The van der Waals surface area contributed by atoms with Gasteiger partial charge in [-0.1, -0.05) is 36.4 Å². The van der Waals surface area contributed by atoms with E-state index < -0.39 is 29.1 Å². The van der Waals surface area contributed by atoms with E-state index in [1.807, 2.05) is 30.3 Å². The highest BCUT2D eigenvalue weighted by Gasteiger charge is 2.47. The summed E-state index contributed by atoms with van der Waals surface area (Å²) < 4.78 is 26.8. The van der Waals surface area contributed by atoms with E-state index in [0.717, 1.165) is 11.6 Å². The molecule has 1 heterocycles. The van der Waals surface area contributed by atoms with Crippen LogP contribution < -0.4 is 0 Å². The van der Waals surface area contributed by atoms with Gasteiger partial charge in [0.15, 0.2) is 5.83 Å². The van der Waals surface area contributed by atoms with Gasteiger partial charge in [-0.05, 0) is 18.1 Å². The molecule has 1 aliphatic heterocycles. The zero-order valence-electron chi connectivity index (χ0n) is 13.3. The van der Waals surface area contributed by atoms with Gasteiger partial charge < -0.3 is 5.11 Å². The number of benzene rings is 1. The minimum atomic E-state index is -1.32. The molecule has 1 N–H and O–H groups in total. The molecule has 126 valence electrons. The maximum absolute atomic E-state index is 13.6. The van der Waals surface area contributed by atoms with Crippen molar-refractivity contribution >= 4 is 0 Å². The minimum Gasteiger partial charge on any atom is -0.388 e. The number of halogens is 2. The maximum Gasteiger partial charge on any atom is 0.154 e. The Morgan fingerprint density at radius 2 is 2.04 bits per heavy atom. The zero-order chi connectivity index (χ0) is 17.2. The molecule has 1 saturated heterocycles. The fraction of sp³-hybridized carbons (Fsp3) is 0.421. The standard InChI is InChI=1S/C19H20F2N2O/c20-17-7-6-15(10-18(17)21)19(24)8-9-23(13-16(19)11-22)12-14-4-2-1-3-5-14/h1-7,15-16,24H,8-10,12-13H2/t15?,16-,19-/m0/s1. The van der Waals surface area contributed by atoms with Gasteiger partial charge in [-0.3, -0.25) is 4.90 Å². The third-order valence-electron chi connectivity index (χ3n) is 5.05. The Morgan fingerprint density at radius 3 is 2.71 bits per heavy atom. The van der Waals surface area contributed by atoms with Crippen LogP contribution in [0.15, 0.2) is 54.1 Å². The molecule has 0 bridgehead atoms. The van der Waals surface area contributed by atoms with Gasteiger partial charge in [-0.25, -0.2) is 8.78 Å². The Bertz CT molecular complexity index is 695. The molecule has 2 aliphatic rings. The first-order chi connectivity index (χ1) is 11.5. The van der Waals surface area contributed by atoms with Crippen molar-refractivity contribution in [3.05, 3.63) is 59.7 Å². The smallest absolute Gasteiger partial charge is 0.154 e. The minimum absolute atomic E-state index is 0.185. The number of hydrogen-bond donors (Lipinski definition) is 1. The van der Waals surface area contributed by atoms with Gasteiger partial charge in [0.25, 0.3) is 0 Å². The van der Waals surface area contributed by atoms with E-state index in [4.69, 9.17) is 0 Å². The first-order valence-electron chi connectivity index (χ1n) is 8.13. The molecule has 1 aliphatic carbocycles. The quantitative estimate of drug-likeness (QED) is 0.923. The van der Waals surface area contributed by atoms with Crippen molar-refractivity contribution in [3.8, 4) is 6.07 Å². The summed E-state index contributed by atoms with van der Waals surface area (Å²) in [7, 11) is 0. The second kappa shape index (κ2) is 6.84. The van der Waals surface area contributed by atoms with Crippen molar-refractivity contribution in [2.24, 2.45) is 11.8 Å². The number of aliphatic hydroxyl groups is 1. The van der Waals surface area contributed by atoms with Crippen LogP contribution in [0.1, 0.15) is 18.4 Å². The zero-order valence-corrected chi connectivity index (χ0v) is 13.3. The predicted molar refractivity (Wildman–Crippen MR) is 86.9 cm³/mol. The van der Waals surface area contributed by atoms with Crippen LogP contribution in [0.3, 0.4) is 0 Å². The molecule has 0 spiro atoms. The summed E-state index contributed by atoms with van der Waals surface area (Å²) in [6.45, 7) is 1.74. The Kier molecular flexibility index (Phi) is 4.79. The number of piperidine rings is 1. The molecular formula is C19H20F2N2O. The van der Waals surface area contributed by atoms with Crippen molar-refractivity contribution in [1.82, 2.24) is 4.90 Å². The summed E-state index contributed by atoms with van der Waals surface area (Å²) in [5.74, 6) is -2.94. The average molecular weight is 330 g/mol. The van der Waals surface area contributed by atoms with E-state index >= 15 is 0 Å². The van der Waals surface area contributed by atoms with Gasteiger partial charge in [0, 0.05) is 32.0 Å². The SMILES string of the molecule is N#C[C@H]1CN(Cc2ccccc2)CC[C@]1(O)C1C=CC(F)=C(F)C1. The first kappa shape index (κ1) is 16.8. The maximum atomic E-state index is 13.6. The van der Waals surface area contributed by atoms with Crippen LogP contribution in [0.5, 0.6) is 0 Å². The van der Waals surface area contributed by atoms with Gasteiger partial charge in [0.1, 0.15) is 5.83 Å². The van der Waals surface area contributed by atoms with Gasteiger partial charge >= 0.3 is 0 Å². The molecule has 3 nitrogen and oxygen atoms in total. The van der Waals surface area contributed by atoms with Crippen LogP contribution in [0.4, 0.5) is 8.78 Å². The Morgan fingerprint density at radius 1 is 1.29 bits per heavy atom. The van der Waals surface area contributed by atoms with Crippen molar-refractivity contribution in [2.75, 3.05) is 13.1 Å². The van der Waals surface area contributed by atoms with Crippen molar-refractivity contribution < 1.29 is 13.9 Å². The fourth-order valence-corrected chi connectivity index (χ4v) is 3.59. The summed E-state index contributed by atoms with van der Waals surface area (Å²) in [6, 6.07) is 12.1. The van der Waals surface area contributed by atoms with Crippen LogP contribution in [0.25, 0.3) is 0 Å². The van der Waals surface area contributed by atoms with Gasteiger partial charge in [-0.2, -0.15) is 5.26 Å². The topological polar surface area (TPSA) is 47.3 Å². The molecule has 3 rings (SSSR count). The van der Waals surface area contributed by atoms with E-state index in [1.54, 1.807) is 0 Å². The van der Waals surface area contributed by atoms with Crippen molar-refractivity contribution in [2.45, 2.75) is 25.0 Å². The lowest BCUT2D eigenvalue weighted by atomic mass is 9.70. The molecule has 0 aromatic heterocycles. The summed E-state index contributed by atoms with van der Waals surface area (Å²) in [4.78, 5) is 2.12. The van der Waals surface area contributed by atoms with E-state index in [-0.39, 0.29) is 6.42 Å². The second-order valence-corrected chi connectivity index (χ2v) is 6.57. The largest absolute Gasteiger partial charge is 0.388 e. The third kappa shape index (κ3) is 3.26. The van der Waals surface area contributed by atoms with Crippen LogP contribution >= 0.6 is 0 Å². The average Bonchev–Trinajstić information content (AvgIpc) is 2.60. The number of likely N-dealkylation sites (tertiary alicyclic amines) is 1. The summed E-state index contributed by atoms with van der Waals surface area (Å²) in [6.07, 6.45) is 2.74. The molecular weight excluding hydrogens is 310 g/mol. The molecule has 24 heavy (non-hydrogen) atoms. The molecule has 0 saturated carbocycles.